The van der Waals surface area contributed by atoms with Crippen LogP contribution in [0.1, 0.15) is 23.7 Å². The van der Waals surface area contributed by atoms with E-state index in [4.69, 9.17) is 10.5 Å². The van der Waals surface area contributed by atoms with Gasteiger partial charge in [0.25, 0.3) is 5.91 Å². The van der Waals surface area contributed by atoms with Crippen LogP contribution in [0.3, 0.4) is 0 Å². The number of nitrogens with two attached hydrogens (primary N) is 1. The zero-order chi connectivity index (χ0) is 15.2. The molecule has 0 aliphatic rings. The lowest BCUT2D eigenvalue weighted by Gasteiger charge is -2.09. The Hall–Kier alpha value is -2.01. The zero-order valence-corrected chi connectivity index (χ0v) is 13.3. The molecule has 0 saturated carbocycles. The number of hydrogen-bond donors (Lipinski definition) is 2. The number of rotatable bonds is 5. The minimum Gasteiger partial charge on any atom is -0.494 e. The van der Waals surface area contributed by atoms with Gasteiger partial charge in [0, 0.05) is 15.7 Å². The van der Waals surface area contributed by atoms with Crippen molar-refractivity contribution in [2.24, 2.45) is 0 Å². The average Bonchev–Trinajstić information content (AvgIpc) is 2.48. The van der Waals surface area contributed by atoms with Crippen LogP contribution in [0.4, 0.5) is 11.4 Å². The maximum atomic E-state index is 12.3. The molecule has 0 aromatic heterocycles. The lowest BCUT2D eigenvalue weighted by Crippen LogP contribution is -2.12. The molecule has 2 aromatic rings. The van der Waals surface area contributed by atoms with E-state index in [1.807, 2.05) is 13.0 Å². The summed E-state index contributed by atoms with van der Waals surface area (Å²) in [5.41, 5.74) is 7.53. The van der Waals surface area contributed by atoms with E-state index < -0.39 is 0 Å². The summed E-state index contributed by atoms with van der Waals surface area (Å²) in [6.07, 6.45) is 0.925. The molecule has 2 aromatic carbocycles. The van der Waals surface area contributed by atoms with Gasteiger partial charge in [-0.05, 0) is 58.7 Å². The van der Waals surface area contributed by atoms with Crippen molar-refractivity contribution in [3.63, 3.8) is 0 Å². The van der Waals surface area contributed by atoms with Crippen molar-refractivity contribution in [2.75, 3.05) is 17.7 Å². The first-order chi connectivity index (χ1) is 10.1. The Bertz CT molecular complexity index is 644. The van der Waals surface area contributed by atoms with E-state index in [2.05, 4.69) is 21.2 Å². The van der Waals surface area contributed by atoms with E-state index in [1.165, 1.54) is 0 Å². The maximum absolute atomic E-state index is 12.3. The van der Waals surface area contributed by atoms with Gasteiger partial charge in [-0.3, -0.25) is 4.79 Å². The standard InChI is InChI=1S/C16H17BrN2O2/c1-2-8-21-13-5-3-4-11(9-13)16(20)19-15-7-6-12(18)10-14(15)17/h3-7,9-10H,2,8,18H2,1H3,(H,19,20). The topological polar surface area (TPSA) is 64.3 Å². The molecule has 1 amide bonds. The minimum absolute atomic E-state index is 0.192. The fourth-order valence-electron chi connectivity index (χ4n) is 1.77. The summed E-state index contributed by atoms with van der Waals surface area (Å²) < 4.78 is 6.27. The third-order valence-corrected chi connectivity index (χ3v) is 3.47. The van der Waals surface area contributed by atoms with Gasteiger partial charge in [0.2, 0.25) is 0 Å². The number of nitrogens with one attached hydrogen (secondary N) is 1. The molecule has 0 aliphatic heterocycles. The van der Waals surface area contributed by atoms with Crippen LogP contribution < -0.4 is 15.8 Å². The van der Waals surface area contributed by atoms with Gasteiger partial charge < -0.3 is 15.8 Å². The zero-order valence-electron chi connectivity index (χ0n) is 11.7. The number of carbonyl (C=O) groups excluding carboxylic acids is 1. The van der Waals surface area contributed by atoms with E-state index in [0.717, 1.165) is 10.9 Å². The minimum atomic E-state index is -0.192. The molecule has 0 heterocycles. The summed E-state index contributed by atoms with van der Waals surface area (Å²) in [4.78, 5) is 12.3. The predicted octanol–water partition coefficient (Wildman–Crippen LogP) is 4.07. The lowest BCUT2D eigenvalue weighted by atomic mass is 10.2. The van der Waals surface area contributed by atoms with Gasteiger partial charge in [0.1, 0.15) is 5.75 Å². The van der Waals surface area contributed by atoms with Crippen LogP contribution in [0.2, 0.25) is 0 Å². The van der Waals surface area contributed by atoms with Gasteiger partial charge in [-0.2, -0.15) is 0 Å². The molecule has 4 nitrogen and oxygen atoms in total. The Morgan fingerprint density at radius 3 is 2.81 bits per heavy atom. The molecule has 2 rings (SSSR count). The number of nitrogen functional groups attached to an aromatic ring is 1. The number of anilines is 2. The third kappa shape index (κ3) is 4.23. The molecule has 0 radical (unpaired) electrons. The number of carbonyl (C=O) groups is 1. The highest BCUT2D eigenvalue weighted by Crippen LogP contribution is 2.25. The number of amides is 1. The van der Waals surface area contributed by atoms with Crippen LogP contribution in [0.5, 0.6) is 5.75 Å². The van der Waals surface area contributed by atoms with Crippen molar-refractivity contribution in [1.29, 1.82) is 0 Å². The van der Waals surface area contributed by atoms with Gasteiger partial charge in [-0.1, -0.05) is 13.0 Å². The Morgan fingerprint density at radius 1 is 1.29 bits per heavy atom. The van der Waals surface area contributed by atoms with Gasteiger partial charge in [0.05, 0.1) is 12.3 Å². The third-order valence-electron chi connectivity index (χ3n) is 2.81. The van der Waals surface area contributed by atoms with Gasteiger partial charge in [-0.15, -0.1) is 0 Å². The van der Waals surface area contributed by atoms with Gasteiger partial charge in [0.15, 0.2) is 0 Å². The molecular weight excluding hydrogens is 332 g/mol. The normalized spacial score (nSPS) is 10.2. The molecule has 0 saturated heterocycles. The van der Waals surface area contributed by atoms with Crippen molar-refractivity contribution in [2.45, 2.75) is 13.3 Å². The highest BCUT2D eigenvalue weighted by Gasteiger charge is 2.09. The number of benzene rings is 2. The van der Waals surface area contributed by atoms with Crippen LogP contribution in [0.25, 0.3) is 0 Å². The first-order valence-electron chi connectivity index (χ1n) is 6.69. The highest BCUT2D eigenvalue weighted by atomic mass is 79.9. The van der Waals surface area contributed by atoms with Crippen molar-refractivity contribution in [3.05, 3.63) is 52.5 Å². The van der Waals surface area contributed by atoms with Crippen LogP contribution in [0.15, 0.2) is 46.9 Å². The fraction of sp³-hybridized carbons (Fsp3) is 0.188. The van der Waals surface area contributed by atoms with E-state index in [1.54, 1.807) is 36.4 Å². The summed E-state index contributed by atoms with van der Waals surface area (Å²) in [6, 6.07) is 12.4. The first-order valence-corrected chi connectivity index (χ1v) is 7.48. The second-order valence-electron chi connectivity index (χ2n) is 4.57. The Labute approximate surface area is 132 Å². The monoisotopic (exact) mass is 348 g/mol. The summed E-state index contributed by atoms with van der Waals surface area (Å²) in [5, 5.41) is 2.84. The summed E-state index contributed by atoms with van der Waals surface area (Å²) >= 11 is 3.38. The Morgan fingerprint density at radius 2 is 2.10 bits per heavy atom. The molecule has 0 bridgehead atoms. The van der Waals surface area contributed by atoms with Crippen LogP contribution in [-0.4, -0.2) is 12.5 Å². The SMILES string of the molecule is CCCOc1cccc(C(=O)Nc2ccc(N)cc2Br)c1. The van der Waals surface area contributed by atoms with Gasteiger partial charge >= 0.3 is 0 Å². The van der Waals surface area contributed by atoms with Crippen molar-refractivity contribution in [1.82, 2.24) is 0 Å². The van der Waals surface area contributed by atoms with Gasteiger partial charge in [-0.25, -0.2) is 0 Å². The lowest BCUT2D eigenvalue weighted by molar-refractivity contribution is 0.102. The molecule has 0 spiro atoms. The number of halogens is 1. The maximum Gasteiger partial charge on any atom is 0.255 e. The van der Waals surface area contributed by atoms with Crippen molar-refractivity contribution in [3.8, 4) is 5.75 Å². The average molecular weight is 349 g/mol. The smallest absolute Gasteiger partial charge is 0.255 e. The van der Waals surface area contributed by atoms with Crippen molar-refractivity contribution >= 4 is 33.2 Å². The molecule has 0 atom stereocenters. The quantitative estimate of drug-likeness (QED) is 0.800. The predicted molar refractivity (Wildman–Crippen MR) is 88.7 cm³/mol. The van der Waals surface area contributed by atoms with Crippen LogP contribution >= 0.6 is 15.9 Å². The second-order valence-corrected chi connectivity index (χ2v) is 5.42. The molecular formula is C16H17BrN2O2. The van der Waals surface area contributed by atoms with Crippen LogP contribution in [-0.2, 0) is 0 Å². The summed E-state index contributed by atoms with van der Waals surface area (Å²) in [5.74, 6) is 0.503. The Kier molecular flexibility index (Phi) is 5.22. The molecule has 5 heteroatoms. The first kappa shape index (κ1) is 15.4. The number of ether oxygens (including phenoxy) is 1. The number of hydrogen-bond acceptors (Lipinski definition) is 3. The molecule has 110 valence electrons. The van der Waals surface area contributed by atoms with E-state index >= 15 is 0 Å². The Balaban J connectivity index is 2.12. The van der Waals surface area contributed by atoms with E-state index in [9.17, 15) is 4.79 Å². The molecule has 21 heavy (non-hydrogen) atoms. The molecule has 0 unspecified atom stereocenters. The second kappa shape index (κ2) is 7.13. The van der Waals surface area contributed by atoms with Crippen molar-refractivity contribution < 1.29 is 9.53 Å². The largest absolute Gasteiger partial charge is 0.494 e. The summed E-state index contributed by atoms with van der Waals surface area (Å²) in [6.45, 7) is 2.67. The fourth-order valence-corrected chi connectivity index (χ4v) is 2.27. The molecule has 0 fully saturated rings. The summed E-state index contributed by atoms with van der Waals surface area (Å²) in [7, 11) is 0. The van der Waals surface area contributed by atoms with E-state index in [-0.39, 0.29) is 5.91 Å². The van der Waals surface area contributed by atoms with Crippen LogP contribution in [0, 0.1) is 0 Å². The molecule has 3 N–H and O–H groups in total. The highest BCUT2D eigenvalue weighted by molar-refractivity contribution is 9.10. The van der Waals surface area contributed by atoms with E-state index in [0.29, 0.717) is 29.3 Å². The molecule has 0 aliphatic carbocycles.